The maximum absolute atomic E-state index is 14.9. The van der Waals surface area contributed by atoms with Gasteiger partial charge in [0.15, 0.2) is 11.5 Å². The van der Waals surface area contributed by atoms with Crippen LogP contribution in [0.15, 0.2) is 24.3 Å². The molecule has 0 amide bonds. The molecule has 6 heterocycles. The number of hydrogen-bond acceptors (Lipinski definition) is 11. The Hall–Kier alpha value is -4.78. The molecular weight excluding hydrogens is 664 g/mol. The second-order valence-electron chi connectivity index (χ2n) is 14.0. The van der Waals surface area contributed by atoms with Crippen LogP contribution in [-0.2, 0) is 9.53 Å². The van der Waals surface area contributed by atoms with Gasteiger partial charge in [-0.1, -0.05) is 12.0 Å². The third kappa shape index (κ3) is 6.04. The van der Waals surface area contributed by atoms with Crippen LogP contribution in [0.1, 0.15) is 50.1 Å². The number of hydrogen-bond donors (Lipinski definition) is 3. The molecule has 5 aliphatic rings. The van der Waals surface area contributed by atoms with Crippen LogP contribution < -0.4 is 19.7 Å². The largest absolute Gasteiger partial charge is 0.508 e. The van der Waals surface area contributed by atoms with E-state index in [2.05, 4.69) is 21.0 Å². The van der Waals surface area contributed by atoms with Crippen molar-refractivity contribution in [3.8, 4) is 35.9 Å². The van der Waals surface area contributed by atoms with Gasteiger partial charge in [-0.05, 0) is 56.2 Å². The maximum Gasteiger partial charge on any atom is 0.320 e. The Labute approximate surface area is 292 Å². The van der Waals surface area contributed by atoms with Crippen molar-refractivity contribution in [2.45, 2.75) is 68.4 Å². The first-order chi connectivity index (χ1) is 24.8. The highest BCUT2D eigenvalue weighted by molar-refractivity contribution is 5.95. The smallest absolute Gasteiger partial charge is 0.320 e. The third-order valence-corrected chi connectivity index (χ3v) is 10.8. The minimum absolute atomic E-state index is 0.0438. The first-order valence-corrected chi connectivity index (χ1v) is 17.4. The van der Waals surface area contributed by atoms with Crippen LogP contribution >= 0.6 is 0 Å². The zero-order valence-corrected chi connectivity index (χ0v) is 27.9. The van der Waals surface area contributed by atoms with Crippen LogP contribution in [0.25, 0.3) is 21.9 Å². The number of carbonyl (C=O) groups is 1. The lowest BCUT2D eigenvalue weighted by Crippen LogP contribution is -2.63. The summed E-state index contributed by atoms with van der Waals surface area (Å²) in [5, 5.41) is 22.1. The molecule has 13 nitrogen and oxygen atoms in total. The topological polar surface area (TPSA) is 147 Å². The summed E-state index contributed by atoms with van der Waals surface area (Å²) >= 11 is 0. The number of ether oxygens (including phenoxy) is 3. The van der Waals surface area contributed by atoms with Crippen LogP contribution in [0.5, 0.6) is 23.5 Å². The molecule has 4 aliphatic heterocycles. The molecule has 4 saturated heterocycles. The summed E-state index contributed by atoms with van der Waals surface area (Å²) in [7, 11) is 0. The van der Waals surface area contributed by atoms with Crippen molar-refractivity contribution >= 4 is 34.2 Å². The molecule has 3 unspecified atom stereocenters. The Balaban J connectivity index is 0.00000121. The average Bonchev–Trinajstić information content (AvgIpc) is 3.73. The summed E-state index contributed by atoms with van der Waals surface area (Å²) < 4.78 is 50.2. The number of nitrogens with one attached hydrogen (secondary N) is 1. The number of fused-ring (bicyclic) bond motifs is 5. The van der Waals surface area contributed by atoms with Crippen molar-refractivity contribution in [3.63, 3.8) is 0 Å². The van der Waals surface area contributed by atoms with Gasteiger partial charge in [0.05, 0.1) is 24.3 Å². The number of imidazole rings is 1. The quantitative estimate of drug-likeness (QED) is 0.188. The Bertz CT molecular complexity index is 2010. The van der Waals surface area contributed by atoms with Gasteiger partial charge in [-0.2, -0.15) is 15.0 Å². The van der Waals surface area contributed by atoms with Crippen LogP contribution in [-0.4, -0.2) is 111 Å². The number of aromatic hydroxyl groups is 1. The fraction of sp³-hybridized carbons (Fsp3) is 0.500. The van der Waals surface area contributed by atoms with Gasteiger partial charge in [0.1, 0.15) is 35.6 Å². The number of nitrogens with zero attached hydrogens (tertiary/aromatic N) is 6. The van der Waals surface area contributed by atoms with Crippen molar-refractivity contribution in [1.29, 1.82) is 0 Å². The van der Waals surface area contributed by atoms with Crippen LogP contribution in [0.3, 0.4) is 0 Å². The van der Waals surface area contributed by atoms with Crippen molar-refractivity contribution in [2.75, 3.05) is 50.9 Å². The second-order valence-corrected chi connectivity index (χ2v) is 14.0. The predicted octanol–water partition coefficient (Wildman–Crippen LogP) is 4.16. The average molecular weight is 704 g/mol. The number of terminal acetylenes is 1. The molecule has 0 spiro atoms. The highest BCUT2D eigenvalue weighted by Crippen LogP contribution is 2.45. The summed E-state index contributed by atoms with van der Waals surface area (Å²) in [5.41, 5.74) is 0.810. The third-order valence-electron chi connectivity index (χ3n) is 10.8. The molecule has 2 aromatic heterocycles. The van der Waals surface area contributed by atoms with Crippen LogP contribution in [0, 0.1) is 18.2 Å². The number of halogens is 2. The van der Waals surface area contributed by atoms with E-state index in [-0.39, 0.29) is 59.2 Å². The Morgan fingerprint density at radius 3 is 2.65 bits per heavy atom. The number of anilines is 1. The van der Waals surface area contributed by atoms with Gasteiger partial charge in [-0.25, -0.2) is 8.78 Å². The Morgan fingerprint density at radius 2 is 1.92 bits per heavy atom. The lowest BCUT2D eigenvalue weighted by Gasteiger charge is -2.43. The molecular formula is C36H39F2N7O6. The summed E-state index contributed by atoms with van der Waals surface area (Å²) in [6, 6.07) is 6.56. The van der Waals surface area contributed by atoms with Crippen molar-refractivity contribution in [3.05, 3.63) is 35.6 Å². The number of phenolic OH excluding ortho intramolecular Hbond substituents is 1. The fourth-order valence-corrected chi connectivity index (χ4v) is 8.41. The van der Waals surface area contributed by atoms with Gasteiger partial charge in [0, 0.05) is 55.6 Å². The molecule has 268 valence electrons. The monoisotopic (exact) mass is 703 g/mol. The zero-order chi connectivity index (χ0) is 35.3. The van der Waals surface area contributed by atoms with Crippen LogP contribution in [0.4, 0.5) is 14.6 Å². The van der Waals surface area contributed by atoms with E-state index in [9.17, 15) is 13.9 Å². The number of alkyl halides is 1. The molecule has 1 saturated carbocycles. The van der Waals surface area contributed by atoms with E-state index >= 15 is 0 Å². The maximum atomic E-state index is 14.9. The van der Waals surface area contributed by atoms with E-state index < -0.39 is 12.0 Å². The number of phenols is 1. The first kappa shape index (κ1) is 33.4. The van der Waals surface area contributed by atoms with Crippen molar-refractivity contribution < 1.29 is 38.0 Å². The molecule has 2 bridgehead atoms. The minimum Gasteiger partial charge on any atom is -0.508 e. The standard InChI is InChI=1S/C35H37F2N7O4.CH2O2/c1-2-26-27(37)8-7-20-11-25(45)12-28(29(20)26)48-34-40-31-30(44(34)24-5-3-6-24)32(42-15-22-17-46-18-23(16-42)38-22)41-33(39-31)47-19-35-9-4-10-43(35)14-21(36)13-35;2-1-3/h1,7-8,11-12,21-24,38,45H,3-6,9-10,13-19H2;1H,(H,2,3)/t21?,22?,23?,35-;/m0./s1. The molecule has 4 atom stereocenters. The first-order valence-electron chi connectivity index (χ1n) is 17.4. The fourth-order valence-electron chi connectivity index (χ4n) is 8.41. The van der Waals surface area contributed by atoms with E-state index in [0.29, 0.717) is 68.1 Å². The molecule has 1 aliphatic carbocycles. The number of piperazine rings is 1. The van der Waals surface area contributed by atoms with E-state index in [1.165, 1.54) is 18.2 Å². The Kier molecular flexibility index (Phi) is 8.77. The van der Waals surface area contributed by atoms with E-state index in [4.69, 9.17) is 45.5 Å². The second kappa shape index (κ2) is 13.4. The number of rotatable bonds is 7. The SMILES string of the molecule is C#Cc1c(F)ccc2cc(O)cc(Oc3nc4nc(OC[C@@]56CCCN5CC(F)C6)nc(N5CC6COCC(C5)N6)c4n3C3CCC3)c12.O=CO. The molecule has 5 fully saturated rings. The minimum atomic E-state index is -0.870. The summed E-state index contributed by atoms with van der Waals surface area (Å²) in [6.45, 7) is 3.87. The number of carboxylic acid groups (broad SMARTS) is 1. The summed E-state index contributed by atoms with van der Waals surface area (Å²) in [4.78, 5) is 27.6. The van der Waals surface area contributed by atoms with E-state index in [0.717, 1.165) is 44.2 Å². The van der Waals surface area contributed by atoms with E-state index in [1.807, 2.05) is 4.57 Å². The van der Waals surface area contributed by atoms with Crippen LogP contribution in [0.2, 0.25) is 0 Å². The lowest BCUT2D eigenvalue weighted by molar-refractivity contribution is -0.122. The van der Waals surface area contributed by atoms with E-state index in [1.54, 1.807) is 6.07 Å². The highest BCUT2D eigenvalue weighted by atomic mass is 19.1. The number of morpholine rings is 1. The van der Waals surface area contributed by atoms with Crippen molar-refractivity contribution in [2.24, 2.45) is 0 Å². The van der Waals surface area contributed by atoms with Crippen molar-refractivity contribution in [1.82, 2.24) is 29.7 Å². The molecule has 3 N–H and O–H groups in total. The van der Waals surface area contributed by atoms with Gasteiger partial charge >= 0.3 is 12.0 Å². The van der Waals surface area contributed by atoms with Gasteiger partial charge < -0.3 is 34.6 Å². The molecule has 2 aromatic carbocycles. The number of aromatic nitrogens is 4. The zero-order valence-electron chi connectivity index (χ0n) is 27.9. The molecule has 51 heavy (non-hydrogen) atoms. The molecule has 9 rings (SSSR count). The normalized spacial score (nSPS) is 25.9. The van der Waals surface area contributed by atoms with Gasteiger partial charge in [0.2, 0.25) is 0 Å². The highest BCUT2D eigenvalue weighted by Gasteiger charge is 2.49. The molecule has 0 radical (unpaired) electrons. The summed E-state index contributed by atoms with van der Waals surface area (Å²) in [6.07, 6.45) is 10.1. The Morgan fingerprint density at radius 1 is 1.14 bits per heavy atom. The predicted molar refractivity (Wildman–Crippen MR) is 183 cm³/mol. The number of benzene rings is 2. The van der Waals surface area contributed by atoms with Gasteiger partial charge in [-0.3, -0.25) is 14.3 Å². The molecule has 4 aromatic rings. The lowest BCUT2D eigenvalue weighted by atomic mass is 9.93. The van der Waals surface area contributed by atoms with Gasteiger partial charge in [-0.15, -0.1) is 6.42 Å². The molecule has 15 heteroatoms. The van der Waals surface area contributed by atoms with Gasteiger partial charge in [0.25, 0.3) is 6.47 Å². The summed E-state index contributed by atoms with van der Waals surface area (Å²) in [5.74, 6) is 2.72.